The number of hydrogen-bond donors (Lipinski definition) is 1. The first-order valence-electron chi connectivity index (χ1n) is 9.25. The van der Waals surface area contributed by atoms with Crippen LogP contribution in [0.1, 0.15) is 48.9 Å². The van der Waals surface area contributed by atoms with E-state index in [4.69, 9.17) is 4.74 Å². The summed E-state index contributed by atoms with van der Waals surface area (Å²) in [6.07, 6.45) is 3.11. The van der Waals surface area contributed by atoms with Crippen molar-refractivity contribution in [3.63, 3.8) is 0 Å². The zero-order valence-corrected chi connectivity index (χ0v) is 15.1. The van der Waals surface area contributed by atoms with Crippen LogP contribution in [0.15, 0.2) is 54.6 Å². The molecule has 0 unspecified atom stereocenters. The molecule has 0 saturated carbocycles. The van der Waals surface area contributed by atoms with Crippen molar-refractivity contribution in [1.82, 2.24) is 5.32 Å². The molecule has 2 aromatic carbocycles. The number of amides is 1. The van der Waals surface area contributed by atoms with E-state index in [0.717, 1.165) is 24.8 Å². The second kappa shape index (κ2) is 8.65. The van der Waals surface area contributed by atoms with Crippen molar-refractivity contribution in [2.75, 3.05) is 0 Å². The molecule has 0 spiro atoms. The van der Waals surface area contributed by atoms with E-state index in [1.54, 1.807) is 6.92 Å². The number of nitrogens with one attached hydrogen (secondary N) is 1. The Labute approximate surface area is 154 Å². The minimum atomic E-state index is -0.785. The topological polar surface area (TPSA) is 55.4 Å². The monoisotopic (exact) mass is 351 g/mol. The molecule has 26 heavy (non-hydrogen) atoms. The molecule has 0 saturated heterocycles. The largest absolute Gasteiger partial charge is 0.453 e. The Balaban J connectivity index is 1.50. The quantitative estimate of drug-likeness (QED) is 0.807. The van der Waals surface area contributed by atoms with Gasteiger partial charge in [0, 0.05) is 6.42 Å². The Morgan fingerprint density at radius 2 is 1.85 bits per heavy atom. The lowest BCUT2D eigenvalue weighted by atomic mass is 9.87. The summed E-state index contributed by atoms with van der Waals surface area (Å²) in [6, 6.07) is 18.0. The summed E-state index contributed by atoms with van der Waals surface area (Å²) in [4.78, 5) is 24.5. The molecule has 0 fully saturated rings. The van der Waals surface area contributed by atoms with E-state index in [1.165, 1.54) is 11.1 Å². The van der Waals surface area contributed by atoms with E-state index < -0.39 is 6.10 Å². The number of benzene rings is 2. The standard InChI is InChI=1S/C22H25NO3/c1-16(26-21(24)15-14-17-8-3-2-4-9-17)22(25)23-20-13-7-11-18-10-5-6-12-19(18)20/h2-6,8-10,12,16,20H,7,11,13-15H2,1H3,(H,23,25)/t16-,20-/m1/s1. The molecule has 0 bridgehead atoms. The first-order valence-corrected chi connectivity index (χ1v) is 9.25. The van der Waals surface area contributed by atoms with Gasteiger partial charge in [0.15, 0.2) is 6.10 Å². The van der Waals surface area contributed by atoms with Crippen molar-refractivity contribution in [2.45, 2.75) is 51.2 Å². The highest BCUT2D eigenvalue weighted by Gasteiger charge is 2.25. The van der Waals surface area contributed by atoms with Crippen LogP contribution in [0, 0.1) is 0 Å². The lowest BCUT2D eigenvalue weighted by molar-refractivity contribution is -0.155. The Bertz CT molecular complexity index is 757. The molecule has 1 aliphatic rings. The number of aryl methyl sites for hydroxylation is 2. The van der Waals surface area contributed by atoms with Crippen LogP contribution in [0.4, 0.5) is 0 Å². The van der Waals surface area contributed by atoms with Crippen molar-refractivity contribution < 1.29 is 14.3 Å². The third kappa shape index (κ3) is 4.72. The minimum Gasteiger partial charge on any atom is -0.453 e. The fourth-order valence-corrected chi connectivity index (χ4v) is 3.39. The Hall–Kier alpha value is -2.62. The highest BCUT2D eigenvalue weighted by atomic mass is 16.5. The third-order valence-electron chi connectivity index (χ3n) is 4.82. The number of carbonyl (C=O) groups excluding carboxylic acids is 2. The molecule has 0 radical (unpaired) electrons. The van der Waals surface area contributed by atoms with Crippen LogP contribution in [-0.2, 0) is 27.2 Å². The third-order valence-corrected chi connectivity index (χ3v) is 4.82. The smallest absolute Gasteiger partial charge is 0.306 e. The van der Waals surface area contributed by atoms with E-state index in [0.29, 0.717) is 6.42 Å². The van der Waals surface area contributed by atoms with Crippen LogP contribution < -0.4 is 5.32 Å². The average molecular weight is 351 g/mol. The van der Waals surface area contributed by atoms with Gasteiger partial charge in [-0.2, -0.15) is 0 Å². The number of fused-ring (bicyclic) bond motifs is 1. The highest BCUT2D eigenvalue weighted by molar-refractivity contribution is 5.83. The predicted molar refractivity (Wildman–Crippen MR) is 101 cm³/mol. The number of hydrogen-bond acceptors (Lipinski definition) is 3. The maximum atomic E-state index is 12.4. The normalized spacial score (nSPS) is 17.0. The van der Waals surface area contributed by atoms with Crippen molar-refractivity contribution in [2.24, 2.45) is 0 Å². The van der Waals surface area contributed by atoms with Gasteiger partial charge < -0.3 is 10.1 Å². The zero-order valence-electron chi connectivity index (χ0n) is 15.1. The van der Waals surface area contributed by atoms with Gasteiger partial charge in [0.2, 0.25) is 0 Å². The SMILES string of the molecule is C[C@@H](OC(=O)CCc1ccccc1)C(=O)N[C@@H]1CCCc2ccccc21. The van der Waals surface area contributed by atoms with Gasteiger partial charge in [-0.05, 0) is 49.3 Å². The van der Waals surface area contributed by atoms with Crippen LogP contribution >= 0.6 is 0 Å². The number of esters is 1. The number of carbonyl (C=O) groups is 2. The van der Waals surface area contributed by atoms with E-state index in [-0.39, 0.29) is 24.3 Å². The van der Waals surface area contributed by atoms with Gasteiger partial charge in [-0.1, -0.05) is 54.6 Å². The van der Waals surface area contributed by atoms with Gasteiger partial charge in [-0.3, -0.25) is 9.59 Å². The van der Waals surface area contributed by atoms with Crippen LogP contribution in [0.2, 0.25) is 0 Å². The summed E-state index contributed by atoms with van der Waals surface area (Å²) in [5, 5.41) is 3.04. The molecule has 1 N–H and O–H groups in total. The minimum absolute atomic E-state index is 0.00193. The summed E-state index contributed by atoms with van der Waals surface area (Å²) in [7, 11) is 0. The van der Waals surface area contributed by atoms with Crippen LogP contribution in [-0.4, -0.2) is 18.0 Å². The van der Waals surface area contributed by atoms with Crippen LogP contribution in [0.3, 0.4) is 0 Å². The Kier molecular flexibility index (Phi) is 6.05. The second-order valence-electron chi connectivity index (χ2n) is 6.77. The molecule has 0 aromatic heterocycles. The van der Waals surface area contributed by atoms with E-state index in [9.17, 15) is 9.59 Å². The van der Waals surface area contributed by atoms with Crippen molar-refractivity contribution >= 4 is 11.9 Å². The summed E-state index contributed by atoms with van der Waals surface area (Å²) in [6.45, 7) is 1.63. The van der Waals surface area contributed by atoms with Gasteiger partial charge in [-0.25, -0.2) is 0 Å². The molecule has 1 aliphatic carbocycles. The first kappa shape index (κ1) is 18.2. The molecule has 2 aromatic rings. The summed E-state index contributed by atoms with van der Waals surface area (Å²) in [5.74, 6) is -0.583. The lowest BCUT2D eigenvalue weighted by Gasteiger charge is -2.27. The number of rotatable bonds is 6. The fourth-order valence-electron chi connectivity index (χ4n) is 3.39. The molecular weight excluding hydrogens is 326 g/mol. The summed E-state index contributed by atoms with van der Waals surface area (Å²) >= 11 is 0. The van der Waals surface area contributed by atoms with Crippen molar-refractivity contribution in [3.05, 3.63) is 71.3 Å². The average Bonchev–Trinajstić information content (AvgIpc) is 2.67. The molecule has 3 rings (SSSR count). The maximum absolute atomic E-state index is 12.4. The Morgan fingerprint density at radius 3 is 2.65 bits per heavy atom. The summed E-state index contributed by atoms with van der Waals surface area (Å²) < 4.78 is 5.31. The van der Waals surface area contributed by atoms with Gasteiger partial charge in [-0.15, -0.1) is 0 Å². The molecule has 2 atom stereocenters. The molecule has 0 heterocycles. The zero-order chi connectivity index (χ0) is 18.4. The van der Waals surface area contributed by atoms with Gasteiger partial charge >= 0.3 is 5.97 Å². The van der Waals surface area contributed by atoms with E-state index in [1.807, 2.05) is 42.5 Å². The molecule has 1 amide bonds. The van der Waals surface area contributed by atoms with Crippen molar-refractivity contribution in [1.29, 1.82) is 0 Å². The molecule has 136 valence electrons. The van der Waals surface area contributed by atoms with E-state index >= 15 is 0 Å². The van der Waals surface area contributed by atoms with Crippen LogP contribution in [0.25, 0.3) is 0 Å². The lowest BCUT2D eigenvalue weighted by Crippen LogP contribution is -2.39. The van der Waals surface area contributed by atoms with Gasteiger partial charge in [0.05, 0.1) is 6.04 Å². The highest BCUT2D eigenvalue weighted by Crippen LogP contribution is 2.29. The van der Waals surface area contributed by atoms with Gasteiger partial charge in [0.1, 0.15) is 0 Å². The van der Waals surface area contributed by atoms with Crippen LogP contribution in [0.5, 0.6) is 0 Å². The summed E-state index contributed by atoms with van der Waals surface area (Å²) in [5.41, 5.74) is 3.55. The first-order chi connectivity index (χ1) is 12.6. The maximum Gasteiger partial charge on any atom is 0.306 e. The molecule has 4 nitrogen and oxygen atoms in total. The second-order valence-corrected chi connectivity index (χ2v) is 6.77. The fraction of sp³-hybridized carbons (Fsp3) is 0.364. The molecular formula is C22H25NO3. The Morgan fingerprint density at radius 1 is 1.12 bits per heavy atom. The molecule has 0 aliphatic heterocycles. The predicted octanol–water partition coefficient (Wildman–Crippen LogP) is 3.74. The van der Waals surface area contributed by atoms with Gasteiger partial charge in [0.25, 0.3) is 5.91 Å². The molecule has 4 heteroatoms. The van der Waals surface area contributed by atoms with E-state index in [2.05, 4.69) is 17.4 Å². The number of ether oxygens (including phenoxy) is 1. The van der Waals surface area contributed by atoms with Crippen molar-refractivity contribution in [3.8, 4) is 0 Å².